The molecule has 0 aliphatic heterocycles. The Morgan fingerprint density at radius 2 is 2.11 bits per heavy atom. The number of aryl methyl sites for hydroxylation is 1. The fourth-order valence-corrected chi connectivity index (χ4v) is 2.30. The number of aromatic hydroxyl groups is 1. The minimum Gasteiger partial charge on any atom is -0.493 e. The van der Waals surface area contributed by atoms with Crippen molar-refractivity contribution >= 4 is 18.0 Å². The Balaban J connectivity index is 2.78. The van der Waals surface area contributed by atoms with Crippen molar-refractivity contribution in [2.75, 3.05) is 6.26 Å². The van der Waals surface area contributed by atoms with Gasteiger partial charge in [-0.2, -0.15) is 4.98 Å². The molecule has 0 aliphatic carbocycles. The summed E-state index contributed by atoms with van der Waals surface area (Å²) in [5.41, 5.74) is 1.53. The Hall–Kier alpha value is -2.08. The summed E-state index contributed by atoms with van der Waals surface area (Å²) in [4.78, 5) is 26.8. The van der Waals surface area contributed by atoms with Crippen molar-refractivity contribution in [3.63, 3.8) is 0 Å². The van der Waals surface area contributed by atoms with Crippen molar-refractivity contribution in [3.8, 4) is 11.6 Å². The van der Waals surface area contributed by atoms with Crippen LogP contribution < -0.4 is 5.56 Å². The van der Waals surface area contributed by atoms with E-state index in [0.717, 1.165) is 17.9 Å². The molecule has 0 spiro atoms. The van der Waals surface area contributed by atoms with Crippen LogP contribution in [0, 0.1) is 6.92 Å². The fourth-order valence-electron chi connectivity index (χ4n) is 1.75. The van der Waals surface area contributed by atoms with E-state index in [0.29, 0.717) is 16.4 Å². The van der Waals surface area contributed by atoms with Gasteiger partial charge in [-0.25, -0.2) is 0 Å². The average Bonchev–Trinajstić information content (AvgIpc) is 2.39. The predicted octanol–water partition coefficient (Wildman–Crippen LogP) is 1.78. The lowest BCUT2D eigenvalue weighted by atomic mass is 10.1. The molecule has 1 N–H and O–H groups in total. The number of nitrogens with zero attached hydrogens (tertiary/aromatic N) is 2. The third kappa shape index (κ3) is 2.53. The number of hydrogen-bond donors (Lipinski definition) is 1. The average molecular weight is 276 g/mol. The second-order valence-corrected chi connectivity index (χ2v) is 4.71. The van der Waals surface area contributed by atoms with E-state index < -0.39 is 0 Å². The van der Waals surface area contributed by atoms with Gasteiger partial charge in [0.2, 0.25) is 5.88 Å². The van der Waals surface area contributed by atoms with Gasteiger partial charge in [-0.1, -0.05) is 23.9 Å². The van der Waals surface area contributed by atoms with E-state index in [2.05, 4.69) is 4.98 Å². The summed E-state index contributed by atoms with van der Waals surface area (Å²) in [7, 11) is 0. The van der Waals surface area contributed by atoms with Crippen LogP contribution in [0.15, 0.2) is 34.2 Å². The van der Waals surface area contributed by atoms with Gasteiger partial charge < -0.3 is 5.11 Å². The molecule has 0 bridgehead atoms. The molecule has 19 heavy (non-hydrogen) atoms. The zero-order valence-corrected chi connectivity index (χ0v) is 11.3. The molecule has 0 radical (unpaired) electrons. The second-order valence-electron chi connectivity index (χ2n) is 3.94. The van der Waals surface area contributed by atoms with E-state index >= 15 is 0 Å². The smallest absolute Gasteiger partial charge is 0.262 e. The van der Waals surface area contributed by atoms with Gasteiger partial charge in [0, 0.05) is 5.56 Å². The molecule has 2 rings (SSSR count). The van der Waals surface area contributed by atoms with Crippen LogP contribution in [0.25, 0.3) is 5.69 Å². The molecule has 6 heteroatoms. The van der Waals surface area contributed by atoms with Crippen molar-refractivity contribution in [1.29, 1.82) is 0 Å². The first-order valence-corrected chi connectivity index (χ1v) is 6.72. The van der Waals surface area contributed by atoms with Gasteiger partial charge in [0.25, 0.3) is 5.56 Å². The molecule has 1 aromatic heterocycles. The highest BCUT2D eigenvalue weighted by molar-refractivity contribution is 7.98. The quantitative estimate of drug-likeness (QED) is 0.525. The molecule has 5 nitrogen and oxygen atoms in total. The lowest BCUT2D eigenvalue weighted by Crippen LogP contribution is -2.21. The summed E-state index contributed by atoms with van der Waals surface area (Å²) in [6, 6.07) is 6.13. The van der Waals surface area contributed by atoms with E-state index in [1.54, 1.807) is 24.5 Å². The van der Waals surface area contributed by atoms with Crippen molar-refractivity contribution in [3.05, 3.63) is 45.7 Å². The largest absolute Gasteiger partial charge is 0.493 e. The second kappa shape index (κ2) is 5.27. The third-order valence-electron chi connectivity index (χ3n) is 2.67. The van der Waals surface area contributed by atoms with Gasteiger partial charge in [0.1, 0.15) is 6.29 Å². The molecule has 0 saturated heterocycles. The number of aldehydes is 1. The third-order valence-corrected chi connectivity index (χ3v) is 3.31. The van der Waals surface area contributed by atoms with Gasteiger partial charge in [-0.3, -0.25) is 14.2 Å². The van der Waals surface area contributed by atoms with Gasteiger partial charge in [-0.15, -0.1) is 0 Å². The van der Waals surface area contributed by atoms with Crippen molar-refractivity contribution in [1.82, 2.24) is 9.55 Å². The predicted molar refractivity (Wildman–Crippen MR) is 73.4 cm³/mol. The van der Waals surface area contributed by atoms with Gasteiger partial charge in [-0.05, 0) is 24.8 Å². The molecule has 0 atom stereocenters. The van der Waals surface area contributed by atoms with Crippen LogP contribution in [-0.2, 0) is 0 Å². The van der Waals surface area contributed by atoms with E-state index in [1.165, 1.54) is 16.3 Å². The van der Waals surface area contributed by atoms with Crippen LogP contribution in [0.1, 0.15) is 15.9 Å². The SMILES string of the molecule is CSc1nc(O)cc(=O)n1-c1cc(C=O)ccc1C. The highest BCUT2D eigenvalue weighted by Gasteiger charge is 2.12. The summed E-state index contributed by atoms with van der Waals surface area (Å²) in [5.74, 6) is -0.310. The highest BCUT2D eigenvalue weighted by Crippen LogP contribution is 2.21. The summed E-state index contributed by atoms with van der Waals surface area (Å²) < 4.78 is 1.38. The minimum atomic E-state index is -0.386. The molecular weight excluding hydrogens is 264 g/mol. The molecule has 0 saturated carbocycles. The van der Waals surface area contributed by atoms with Gasteiger partial charge >= 0.3 is 0 Å². The van der Waals surface area contributed by atoms with Crippen molar-refractivity contribution in [2.45, 2.75) is 12.1 Å². The molecular formula is C13H12N2O3S. The molecule has 0 fully saturated rings. The Morgan fingerprint density at radius 1 is 1.37 bits per heavy atom. The van der Waals surface area contributed by atoms with Crippen LogP contribution in [0.2, 0.25) is 0 Å². The molecule has 0 amide bonds. The zero-order chi connectivity index (χ0) is 14.0. The maximum atomic E-state index is 12.0. The first-order chi connectivity index (χ1) is 9.06. The minimum absolute atomic E-state index is 0.310. The summed E-state index contributed by atoms with van der Waals surface area (Å²) in [6.07, 6.45) is 2.48. The van der Waals surface area contributed by atoms with Crippen LogP contribution >= 0.6 is 11.8 Å². The summed E-state index contributed by atoms with van der Waals surface area (Å²) in [6.45, 7) is 1.84. The molecule has 1 aromatic carbocycles. The molecule has 0 aliphatic rings. The molecule has 0 unspecified atom stereocenters. The maximum Gasteiger partial charge on any atom is 0.262 e. The number of carbonyl (C=O) groups excluding carboxylic acids is 1. The van der Waals surface area contributed by atoms with Gasteiger partial charge in [0.15, 0.2) is 5.16 Å². The lowest BCUT2D eigenvalue weighted by molar-refractivity contribution is 0.112. The molecule has 98 valence electrons. The van der Waals surface area contributed by atoms with E-state index in [4.69, 9.17) is 0 Å². The fraction of sp³-hybridized carbons (Fsp3) is 0.154. The van der Waals surface area contributed by atoms with E-state index in [1.807, 2.05) is 6.92 Å². The van der Waals surface area contributed by atoms with Crippen LogP contribution in [0.4, 0.5) is 0 Å². The Labute approximate surface area is 113 Å². The number of aromatic nitrogens is 2. The highest BCUT2D eigenvalue weighted by atomic mass is 32.2. The van der Waals surface area contributed by atoms with Gasteiger partial charge in [0.05, 0.1) is 11.8 Å². The summed E-state index contributed by atoms with van der Waals surface area (Å²) in [5, 5.41) is 9.74. The van der Waals surface area contributed by atoms with E-state index in [9.17, 15) is 14.7 Å². The Bertz CT molecular complexity index is 695. The van der Waals surface area contributed by atoms with E-state index in [-0.39, 0.29) is 11.4 Å². The monoisotopic (exact) mass is 276 g/mol. The number of hydrogen-bond acceptors (Lipinski definition) is 5. The van der Waals surface area contributed by atoms with Crippen LogP contribution in [0.5, 0.6) is 5.88 Å². The first kappa shape index (κ1) is 13.4. The summed E-state index contributed by atoms with van der Waals surface area (Å²) >= 11 is 1.24. The molecule has 2 aromatic rings. The first-order valence-electron chi connectivity index (χ1n) is 5.50. The Kier molecular flexibility index (Phi) is 3.71. The standard InChI is InChI=1S/C13H12N2O3S/c1-8-3-4-9(7-16)5-10(8)15-12(18)6-11(17)14-13(15)19-2/h3-7,17H,1-2H3. The van der Waals surface area contributed by atoms with Crippen LogP contribution in [0.3, 0.4) is 0 Å². The Morgan fingerprint density at radius 3 is 2.74 bits per heavy atom. The lowest BCUT2D eigenvalue weighted by Gasteiger charge is -2.13. The number of benzene rings is 1. The number of rotatable bonds is 3. The zero-order valence-electron chi connectivity index (χ0n) is 10.5. The number of carbonyl (C=O) groups is 1. The van der Waals surface area contributed by atoms with Crippen molar-refractivity contribution in [2.24, 2.45) is 0 Å². The normalized spacial score (nSPS) is 10.4. The van der Waals surface area contributed by atoms with Crippen LogP contribution in [-0.4, -0.2) is 27.2 Å². The maximum absolute atomic E-state index is 12.0. The molecule has 1 heterocycles. The topological polar surface area (TPSA) is 72.2 Å². The number of thioether (sulfide) groups is 1. The van der Waals surface area contributed by atoms with Crippen molar-refractivity contribution < 1.29 is 9.90 Å².